The third-order valence-corrected chi connectivity index (χ3v) is 2.78. The lowest BCUT2D eigenvalue weighted by atomic mass is 10.0. The van der Waals surface area contributed by atoms with Gasteiger partial charge in [0, 0.05) is 0 Å². The van der Waals surface area contributed by atoms with Gasteiger partial charge in [-0.3, -0.25) is 0 Å². The van der Waals surface area contributed by atoms with Crippen LogP contribution in [0.4, 0.5) is 0 Å². The van der Waals surface area contributed by atoms with Crippen LogP contribution in [0.2, 0.25) is 0 Å². The third-order valence-electron chi connectivity index (χ3n) is 2.78. The molecule has 0 amide bonds. The van der Waals surface area contributed by atoms with Crippen LogP contribution in [0.5, 0.6) is 0 Å². The summed E-state index contributed by atoms with van der Waals surface area (Å²) in [7, 11) is 0. The van der Waals surface area contributed by atoms with Crippen LogP contribution >= 0.6 is 0 Å². The summed E-state index contributed by atoms with van der Waals surface area (Å²) in [5.41, 5.74) is 1.24. The van der Waals surface area contributed by atoms with Crippen molar-refractivity contribution >= 4 is 10.8 Å². The van der Waals surface area contributed by atoms with Gasteiger partial charge in [-0.1, -0.05) is 48.6 Å². The summed E-state index contributed by atoms with van der Waals surface area (Å²) in [6.45, 7) is 0.734. The molecule has 1 aliphatic rings. The third kappa shape index (κ3) is 1.55. The molecule has 1 unspecified atom stereocenters. The van der Waals surface area contributed by atoms with Gasteiger partial charge in [0.1, 0.15) is 6.10 Å². The van der Waals surface area contributed by atoms with E-state index in [0.717, 1.165) is 6.61 Å². The lowest BCUT2D eigenvalue weighted by Gasteiger charge is -2.09. The van der Waals surface area contributed by atoms with Crippen LogP contribution in [0.25, 0.3) is 10.8 Å². The molecule has 1 heteroatoms. The van der Waals surface area contributed by atoms with E-state index < -0.39 is 0 Å². The summed E-state index contributed by atoms with van der Waals surface area (Å²) in [5.74, 6) is 0. The molecule has 0 fully saturated rings. The molecule has 1 heterocycles. The molecule has 2 aromatic rings. The minimum atomic E-state index is 0.148. The first-order valence-corrected chi connectivity index (χ1v) is 5.20. The fraction of sp³-hybridized carbons (Fsp3) is 0.143. The predicted molar refractivity (Wildman–Crippen MR) is 61.8 cm³/mol. The molecule has 74 valence electrons. The van der Waals surface area contributed by atoms with Crippen LogP contribution < -0.4 is 0 Å². The molecule has 0 bridgehead atoms. The van der Waals surface area contributed by atoms with Gasteiger partial charge in [0.2, 0.25) is 0 Å². The maximum atomic E-state index is 5.58. The maximum Gasteiger partial charge on any atom is 0.101 e. The standard InChI is InChI=1S/C14H12O/c1-2-5-12-10-13(8-7-11(12)4-1)14-6-3-9-15-14/h1-8,10,14H,9H2. The van der Waals surface area contributed by atoms with Crippen molar-refractivity contribution in [1.29, 1.82) is 0 Å². The van der Waals surface area contributed by atoms with E-state index in [1.54, 1.807) is 0 Å². The fourth-order valence-corrected chi connectivity index (χ4v) is 1.99. The smallest absolute Gasteiger partial charge is 0.101 e. The number of hydrogen-bond donors (Lipinski definition) is 0. The Morgan fingerprint density at radius 2 is 1.87 bits per heavy atom. The van der Waals surface area contributed by atoms with E-state index in [4.69, 9.17) is 4.74 Å². The highest BCUT2D eigenvalue weighted by Gasteiger charge is 2.11. The minimum Gasteiger partial charge on any atom is -0.365 e. The van der Waals surface area contributed by atoms with Crippen molar-refractivity contribution in [2.24, 2.45) is 0 Å². The molecule has 1 atom stereocenters. The molecule has 0 aliphatic carbocycles. The zero-order chi connectivity index (χ0) is 10.1. The first kappa shape index (κ1) is 8.69. The van der Waals surface area contributed by atoms with Gasteiger partial charge in [0.25, 0.3) is 0 Å². The van der Waals surface area contributed by atoms with Crippen LogP contribution in [0.1, 0.15) is 11.7 Å². The molecular formula is C14H12O. The minimum absolute atomic E-state index is 0.148. The molecule has 0 N–H and O–H groups in total. The van der Waals surface area contributed by atoms with Crippen molar-refractivity contribution in [2.45, 2.75) is 6.10 Å². The maximum absolute atomic E-state index is 5.58. The van der Waals surface area contributed by atoms with Gasteiger partial charge in [0.15, 0.2) is 0 Å². The molecule has 0 spiro atoms. The van der Waals surface area contributed by atoms with E-state index in [9.17, 15) is 0 Å². The van der Waals surface area contributed by atoms with E-state index in [2.05, 4.69) is 54.6 Å². The number of hydrogen-bond acceptors (Lipinski definition) is 1. The monoisotopic (exact) mass is 196 g/mol. The Labute approximate surface area is 89.0 Å². The average Bonchev–Trinajstić information content (AvgIpc) is 2.82. The van der Waals surface area contributed by atoms with Crippen LogP contribution in [0, 0.1) is 0 Å². The van der Waals surface area contributed by atoms with E-state index in [1.165, 1.54) is 16.3 Å². The van der Waals surface area contributed by atoms with Crippen LogP contribution in [-0.4, -0.2) is 6.61 Å². The Bertz CT molecular complexity index is 513. The quantitative estimate of drug-likeness (QED) is 0.634. The Kier molecular flexibility index (Phi) is 2.04. The van der Waals surface area contributed by atoms with Gasteiger partial charge >= 0.3 is 0 Å². The molecule has 1 aliphatic heterocycles. The SMILES string of the molecule is C1=CC(c2ccc3ccccc3c2)OC1. The fourth-order valence-electron chi connectivity index (χ4n) is 1.99. The van der Waals surface area contributed by atoms with Gasteiger partial charge in [0.05, 0.1) is 6.61 Å². The van der Waals surface area contributed by atoms with Crippen molar-refractivity contribution < 1.29 is 4.74 Å². The molecule has 3 rings (SSSR count). The molecule has 0 saturated carbocycles. The zero-order valence-electron chi connectivity index (χ0n) is 8.39. The summed E-state index contributed by atoms with van der Waals surface area (Å²) < 4.78 is 5.58. The van der Waals surface area contributed by atoms with E-state index in [-0.39, 0.29) is 6.10 Å². The summed E-state index contributed by atoms with van der Waals surface area (Å²) in [5, 5.41) is 2.56. The Hall–Kier alpha value is -1.60. The zero-order valence-corrected chi connectivity index (χ0v) is 8.39. The van der Waals surface area contributed by atoms with Crippen molar-refractivity contribution in [3.05, 3.63) is 60.2 Å². The largest absolute Gasteiger partial charge is 0.365 e. The number of benzene rings is 2. The molecule has 0 radical (unpaired) electrons. The highest BCUT2D eigenvalue weighted by molar-refractivity contribution is 5.83. The average molecular weight is 196 g/mol. The second-order valence-electron chi connectivity index (χ2n) is 3.79. The predicted octanol–water partition coefficient (Wildman–Crippen LogP) is 3.47. The van der Waals surface area contributed by atoms with Gasteiger partial charge in [-0.25, -0.2) is 0 Å². The van der Waals surface area contributed by atoms with Crippen molar-refractivity contribution in [2.75, 3.05) is 6.61 Å². The second-order valence-corrected chi connectivity index (χ2v) is 3.79. The molecule has 1 nitrogen and oxygen atoms in total. The molecular weight excluding hydrogens is 184 g/mol. The van der Waals surface area contributed by atoms with Crippen molar-refractivity contribution in [3.8, 4) is 0 Å². The van der Waals surface area contributed by atoms with Crippen molar-refractivity contribution in [3.63, 3.8) is 0 Å². The van der Waals surface area contributed by atoms with Crippen molar-refractivity contribution in [1.82, 2.24) is 0 Å². The number of ether oxygens (including phenoxy) is 1. The molecule has 15 heavy (non-hydrogen) atoms. The highest BCUT2D eigenvalue weighted by Crippen LogP contribution is 2.26. The Balaban J connectivity index is 2.09. The van der Waals surface area contributed by atoms with Gasteiger partial charge in [-0.05, 0) is 22.4 Å². The summed E-state index contributed by atoms with van der Waals surface area (Å²) in [6, 6.07) is 14.9. The number of rotatable bonds is 1. The lowest BCUT2D eigenvalue weighted by Crippen LogP contribution is -1.95. The highest BCUT2D eigenvalue weighted by atomic mass is 16.5. The van der Waals surface area contributed by atoms with Crippen LogP contribution in [0.3, 0.4) is 0 Å². The topological polar surface area (TPSA) is 9.23 Å². The van der Waals surface area contributed by atoms with E-state index in [1.807, 2.05) is 0 Å². The first-order chi connectivity index (χ1) is 7.43. The van der Waals surface area contributed by atoms with Gasteiger partial charge in [-0.15, -0.1) is 0 Å². The molecule has 2 aromatic carbocycles. The molecule has 0 saturated heterocycles. The lowest BCUT2D eigenvalue weighted by molar-refractivity contribution is 0.129. The summed E-state index contributed by atoms with van der Waals surface area (Å²) in [6.07, 6.45) is 4.33. The van der Waals surface area contributed by atoms with Crippen LogP contribution in [-0.2, 0) is 4.74 Å². The van der Waals surface area contributed by atoms with Gasteiger partial charge < -0.3 is 4.74 Å². The molecule has 0 aromatic heterocycles. The van der Waals surface area contributed by atoms with E-state index in [0.29, 0.717) is 0 Å². The van der Waals surface area contributed by atoms with E-state index >= 15 is 0 Å². The van der Waals surface area contributed by atoms with Crippen LogP contribution in [0.15, 0.2) is 54.6 Å². The van der Waals surface area contributed by atoms with Gasteiger partial charge in [-0.2, -0.15) is 0 Å². The first-order valence-electron chi connectivity index (χ1n) is 5.20. The second kappa shape index (κ2) is 3.52. The number of fused-ring (bicyclic) bond motifs is 1. The summed E-state index contributed by atoms with van der Waals surface area (Å²) in [4.78, 5) is 0. The Morgan fingerprint density at radius 3 is 2.67 bits per heavy atom. The summed E-state index contributed by atoms with van der Waals surface area (Å²) >= 11 is 0. The Morgan fingerprint density at radius 1 is 1.00 bits per heavy atom. The normalized spacial score (nSPS) is 19.9.